The lowest BCUT2D eigenvalue weighted by atomic mass is 10.4. The first-order chi connectivity index (χ1) is 7.36. The average molecular weight is 209 g/mol. The largest absolute Gasteiger partial charge is 0.380 e. The number of pyridine rings is 1. The fourth-order valence-corrected chi connectivity index (χ4v) is 1.21. The maximum atomic E-state index is 5.23. The van der Waals surface area contributed by atoms with Crippen molar-refractivity contribution in [2.75, 3.05) is 36.9 Å². The highest BCUT2D eigenvalue weighted by Gasteiger charge is 1.95. The normalized spacial score (nSPS) is 10.0. The second kappa shape index (κ2) is 7.06. The molecule has 1 heterocycles. The van der Waals surface area contributed by atoms with Crippen molar-refractivity contribution in [1.29, 1.82) is 0 Å². The predicted octanol–water partition coefficient (Wildman–Crippen LogP) is 1.96. The molecular weight excluding hydrogens is 190 g/mol. The van der Waals surface area contributed by atoms with Crippen LogP contribution in [0.15, 0.2) is 18.2 Å². The van der Waals surface area contributed by atoms with Crippen LogP contribution in [0.25, 0.3) is 0 Å². The van der Waals surface area contributed by atoms with Gasteiger partial charge < -0.3 is 15.4 Å². The van der Waals surface area contributed by atoms with E-state index in [1.807, 2.05) is 25.1 Å². The Hall–Kier alpha value is -1.29. The Balaban J connectivity index is 2.36. The number of hydrogen-bond donors (Lipinski definition) is 2. The minimum absolute atomic E-state index is 0.712. The molecule has 0 bridgehead atoms. The van der Waals surface area contributed by atoms with Crippen LogP contribution < -0.4 is 10.6 Å². The standard InChI is InChI=1S/C11H19N3O/c1-3-12-10-6-5-7-11(14-10)13-8-9-15-4-2/h5-7H,3-4,8-9H2,1-2H3,(H2,12,13,14). The lowest BCUT2D eigenvalue weighted by molar-refractivity contribution is 0.158. The third kappa shape index (κ3) is 4.65. The Morgan fingerprint density at radius 1 is 1.20 bits per heavy atom. The summed E-state index contributed by atoms with van der Waals surface area (Å²) in [5.41, 5.74) is 0. The van der Waals surface area contributed by atoms with Crippen molar-refractivity contribution in [1.82, 2.24) is 4.98 Å². The molecular formula is C11H19N3O. The monoisotopic (exact) mass is 209 g/mol. The summed E-state index contributed by atoms with van der Waals surface area (Å²) in [6, 6.07) is 5.89. The van der Waals surface area contributed by atoms with Gasteiger partial charge in [0, 0.05) is 19.7 Å². The Morgan fingerprint density at radius 2 is 1.93 bits per heavy atom. The van der Waals surface area contributed by atoms with Crippen LogP contribution in [0.1, 0.15) is 13.8 Å². The van der Waals surface area contributed by atoms with E-state index < -0.39 is 0 Å². The van der Waals surface area contributed by atoms with Gasteiger partial charge in [0.1, 0.15) is 11.6 Å². The highest BCUT2D eigenvalue weighted by atomic mass is 16.5. The molecule has 15 heavy (non-hydrogen) atoms. The number of aromatic nitrogens is 1. The molecule has 84 valence electrons. The summed E-state index contributed by atoms with van der Waals surface area (Å²) in [4.78, 5) is 4.38. The highest BCUT2D eigenvalue weighted by Crippen LogP contribution is 2.08. The second-order valence-corrected chi connectivity index (χ2v) is 3.06. The quantitative estimate of drug-likeness (QED) is 0.674. The molecule has 0 radical (unpaired) electrons. The molecule has 0 aliphatic carbocycles. The van der Waals surface area contributed by atoms with E-state index in [1.54, 1.807) is 0 Å². The molecule has 1 aromatic heterocycles. The zero-order valence-corrected chi connectivity index (χ0v) is 9.42. The van der Waals surface area contributed by atoms with E-state index in [-0.39, 0.29) is 0 Å². The number of nitrogens with zero attached hydrogens (tertiary/aromatic N) is 1. The van der Waals surface area contributed by atoms with E-state index >= 15 is 0 Å². The number of hydrogen-bond acceptors (Lipinski definition) is 4. The molecule has 0 spiro atoms. The summed E-state index contributed by atoms with van der Waals surface area (Å²) in [7, 11) is 0. The Bertz CT molecular complexity index is 278. The number of nitrogens with one attached hydrogen (secondary N) is 2. The van der Waals surface area contributed by atoms with Gasteiger partial charge in [-0.3, -0.25) is 0 Å². The first-order valence-corrected chi connectivity index (χ1v) is 5.39. The van der Waals surface area contributed by atoms with E-state index in [9.17, 15) is 0 Å². The van der Waals surface area contributed by atoms with Gasteiger partial charge in [0.2, 0.25) is 0 Å². The van der Waals surface area contributed by atoms with Crippen LogP contribution in [0.5, 0.6) is 0 Å². The maximum absolute atomic E-state index is 5.23. The smallest absolute Gasteiger partial charge is 0.128 e. The van der Waals surface area contributed by atoms with Crippen molar-refractivity contribution >= 4 is 11.6 Å². The van der Waals surface area contributed by atoms with Crippen LogP contribution in [0.2, 0.25) is 0 Å². The first-order valence-electron chi connectivity index (χ1n) is 5.39. The number of rotatable bonds is 7. The molecule has 0 aliphatic heterocycles. The van der Waals surface area contributed by atoms with E-state index in [0.717, 1.165) is 31.3 Å². The zero-order chi connectivity index (χ0) is 10.9. The minimum Gasteiger partial charge on any atom is -0.380 e. The van der Waals surface area contributed by atoms with Crippen LogP contribution >= 0.6 is 0 Å². The Labute approximate surface area is 91.1 Å². The van der Waals surface area contributed by atoms with Gasteiger partial charge in [-0.05, 0) is 26.0 Å². The van der Waals surface area contributed by atoms with Crippen molar-refractivity contribution in [3.8, 4) is 0 Å². The van der Waals surface area contributed by atoms with Crippen molar-refractivity contribution in [2.45, 2.75) is 13.8 Å². The molecule has 0 saturated heterocycles. The highest BCUT2D eigenvalue weighted by molar-refractivity contribution is 5.44. The molecule has 4 heteroatoms. The van der Waals surface area contributed by atoms with Gasteiger partial charge in [-0.1, -0.05) is 6.07 Å². The molecule has 0 aliphatic rings. The van der Waals surface area contributed by atoms with Gasteiger partial charge in [-0.15, -0.1) is 0 Å². The van der Waals surface area contributed by atoms with Crippen LogP contribution in [-0.2, 0) is 4.74 Å². The summed E-state index contributed by atoms with van der Waals surface area (Å²) < 4.78 is 5.23. The first kappa shape index (κ1) is 11.8. The Morgan fingerprint density at radius 3 is 2.60 bits per heavy atom. The molecule has 0 unspecified atom stereocenters. The van der Waals surface area contributed by atoms with Gasteiger partial charge in [0.05, 0.1) is 6.61 Å². The van der Waals surface area contributed by atoms with Crippen molar-refractivity contribution in [2.24, 2.45) is 0 Å². The second-order valence-electron chi connectivity index (χ2n) is 3.06. The van der Waals surface area contributed by atoms with Gasteiger partial charge in [-0.25, -0.2) is 4.98 Å². The van der Waals surface area contributed by atoms with Crippen LogP contribution in [0.4, 0.5) is 11.6 Å². The summed E-state index contributed by atoms with van der Waals surface area (Å²) >= 11 is 0. The Kier molecular flexibility index (Phi) is 5.55. The molecule has 0 aromatic carbocycles. The van der Waals surface area contributed by atoms with Gasteiger partial charge in [0.15, 0.2) is 0 Å². The maximum Gasteiger partial charge on any atom is 0.128 e. The average Bonchev–Trinajstić information content (AvgIpc) is 2.26. The van der Waals surface area contributed by atoms with E-state index in [1.165, 1.54) is 0 Å². The van der Waals surface area contributed by atoms with Crippen LogP contribution in [-0.4, -0.2) is 31.3 Å². The van der Waals surface area contributed by atoms with Crippen molar-refractivity contribution < 1.29 is 4.74 Å². The molecule has 1 aromatic rings. The summed E-state index contributed by atoms with van der Waals surface area (Å²) in [6.07, 6.45) is 0. The summed E-state index contributed by atoms with van der Waals surface area (Å²) in [6.45, 7) is 7.18. The third-order valence-corrected chi connectivity index (χ3v) is 1.86. The van der Waals surface area contributed by atoms with Crippen LogP contribution in [0, 0.1) is 0 Å². The SMILES string of the molecule is CCNc1cccc(NCCOCC)n1. The number of ether oxygens (including phenoxy) is 1. The number of anilines is 2. The fraction of sp³-hybridized carbons (Fsp3) is 0.545. The topological polar surface area (TPSA) is 46.2 Å². The summed E-state index contributed by atoms with van der Waals surface area (Å²) in [5.74, 6) is 1.78. The molecule has 0 fully saturated rings. The van der Waals surface area contributed by atoms with E-state index in [0.29, 0.717) is 6.61 Å². The van der Waals surface area contributed by atoms with Crippen molar-refractivity contribution in [3.63, 3.8) is 0 Å². The van der Waals surface area contributed by atoms with Crippen molar-refractivity contribution in [3.05, 3.63) is 18.2 Å². The predicted molar refractivity (Wildman–Crippen MR) is 63.4 cm³/mol. The van der Waals surface area contributed by atoms with Crippen LogP contribution in [0.3, 0.4) is 0 Å². The zero-order valence-electron chi connectivity index (χ0n) is 9.42. The van der Waals surface area contributed by atoms with Gasteiger partial charge in [0.25, 0.3) is 0 Å². The molecule has 0 amide bonds. The molecule has 0 saturated carbocycles. The molecule has 4 nitrogen and oxygen atoms in total. The molecule has 2 N–H and O–H groups in total. The van der Waals surface area contributed by atoms with E-state index in [2.05, 4.69) is 22.5 Å². The van der Waals surface area contributed by atoms with Gasteiger partial charge in [-0.2, -0.15) is 0 Å². The summed E-state index contributed by atoms with van der Waals surface area (Å²) in [5, 5.41) is 6.37. The van der Waals surface area contributed by atoms with E-state index in [4.69, 9.17) is 4.74 Å². The lowest BCUT2D eigenvalue weighted by Gasteiger charge is -2.07. The minimum atomic E-state index is 0.712. The van der Waals surface area contributed by atoms with Gasteiger partial charge >= 0.3 is 0 Å². The molecule has 0 atom stereocenters. The third-order valence-electron chi connectivity index (χ3n) is 1.86. The fourth-order valence-electron chi connectivity index (χ4n) is 1.21. The lowest BCUT2D eigenvalue weighted by Crippen LogP contribution is -2.10. The molecule has 1 rings (SSSR count).